The molecule has 4 nitrogen and oxygen atoms in total. The van der Waals surface area contributed by atoms with E-state index in [1.54, 1.807) is 7.11 Å². The van der Waals surface area contributed by atoms with Crippen molar-refractivity contribution in [3.63, 3.8) is 0 Å². The Morgan fingerprint density at radius 1 is 1.00 bits per heavy atom. The third-order valence-corrected chi connectivity index (χ3v) is 6.01. The van der Waals surface area contributed by atoms with Crippen LogP contribution < -0.4 is 4.74 Å². The minimum Gasteiger partial charge on any atom is -0.496 e. The van der Waals surface area contributed by atoms with Crippen molar-refractivity contribution < 1.29 is 20.1 Å². The standard InChI is InChI=1S/C24H32O4/c1-15(2)18-7-4-16(5-8-18)10-17-6-9-23(28-3)21(11-17)19-12-20(14-25)24(27)22(26)13-19/h4-9,11,15,19-20,22,24-27H,10,12-14H2,1-3H3/t19-,20-,22-,24-/m1/s1. The number of ether oxygens (including phenoxy) is 1. The Morgan fingerprint density at radius 3 is 2.29 bits per heavy atom. The van der Waals surface area contributed by atoms with Gasteiger partial charge in [-0.05, 0) is 59.4 Å². The van der Waals surface area contributed by atoms with E-state index in [2.05, 4.69) is 50.2 Å². The van der Waals surface area contributed by atoms with Crippen LogP contribution in [0.2, 0.25) is 0 Å². The third-order valence-electron chi connectivity index (χ3n) is 6.01. The normalized spacial score (nSPS) is 25.1. The molecule has 1 aliphatic rings. The summed E-state index contributed by atoms with van der Waals surface area (Å²) >= 11 is 0. The van der Waals surface area contributed by atoms with Crippen LogP contribution in [0.15, 0.2) is 42.5 Å². The smallest absolute Gasteiger partial charge is 0.122 e. The van der Waals surface area contributed by atoms with E-state index >= 15 is 0 Å². The maximum atomic E-state index is 10.2. The van der Waals surface area contributed by atoms with Gasteiger partial charge in [0.15, 0.2) is 0 Å². The second-order valence-corrected chi connectivity index (χ2v) is 8.32. The maximum absolute atomic E-state index is 10.2. The molecular weight excluding hydrogens is 352 g/mol. The van der Waals surface area contributed by atoms with E-state index in [1.807, 2.05) is 6.07 Å². The highest BCUT2D eigenvalue weighted by atomic mass is 16.5. The van der Waals surface area contributed by atoms with E-state index in [0.717, 1.165) is 17.7 Å². The molecule has 0 amide bonds. The van der Waals surface area contributed by atoms with Crippen LogP contribution in [0.1, 0.15) is 60.8 Å². The van der Waals surface area contributed by atoms with Crippen molar-refractivity contribution in [3.8, 4) is 5.75 Å². The first-order chi connectivity index (χ1) is 13.4. The molecule has 2 aromatic rings. The fourth-order valence-corrected chi connectivity index (χ4v) is 4.25. The lowest BCUT2D eigenvalue weighted by atomic mass is 9.74. The van der Waals surface area contributed by atoms with E-state index in [1.165, 1.54) is 16.7 Å². The Balaban J connectivity index is 1.83. The van der Waals surface area contributed by atoms with Gasteiger partial charge in [0.25, 0.3) is 0 Å². The van der Waals surface area contributed by atoms with Gasteiger partial charge in [0, 0.05) is 12.5 Å². The topological polar surface area (TPSA) is 69.9 Å². The van der Waals surface area contributed by atoms with Crippen molar-refractivity contribution in [1.29, 1.82) is 0 Å². The summed E-state index contributed by atoms with van der Waals surface area (Å²) in [6, 6.07) is 15.0. The molecule has 0 spiro atoms. The summed E-state index contributed by atoms with van der Waals surface area (Å²) < 4.78 is 5.57. The van der Waals surface area contributed by atoms with Crippen LogP contribution in [0, 0.1) is 5.92 Å². The zero-order valence-electron chi connectivity index (χ0n) is 17.0. The number of hydrogen-bond donors (Lipinski definition) is 3. The molecule has 3 N–H and O–H groups in total. The van der Waals surface area contributed by atoms with E-state index < -0.39 is 12.2 Å². The molecule has 0 saturated heterocycles. The van der Waals surface area contributed by atoms with Crippen molar-refractivity contribution in [2.24, 2.45) is 5.92 Å². The average Bonchev–Trinajstić information content (AvgIpc) is 2.70. The van der Waals surface area contributed by atoms with Gasteiger partial charge in [-0.2, -0.15) is 0 Å². The largest absolute Gasteiger partial charge is 0.496 e. The van der Waals surface area contributed by atoms with Crippen LogP contribution in [-0.2, 0) is 6.42 Å². The van der Waals surface area contributed by atoms with Crippen LogP contribution in [-0.4, -0.2) is 41.2 Å². The quantitative estimate of drug-likeness (QED) is 0.711. The second-order valence-electron chi connectivity index (χ2n) is 8.32. The molecule has 0 aliphatic heterocycles. The molecule has 0 unspecified atom stereocenters. The van der Waals surface area contributed by atoms with E-state index in [4.69, 9.17) is 4.74 Å². The minimum atomic E-state index is -0.866. The number of methoxy groups -OCH3 is 1. The zero-order valence-corrected chi connectivity index (χ0v) is 17.0. The molecule has 1 saturated carbocycles. The van der Waals surface area contributed by atoms with Crippen molar-refractivity contribution in [1.82, 2.24) is 0 Å². The van der Waals surface area contributed by atoms with Gasteiger partial charge in [-0.25, -0.2) is 0 Å². The second kappa shape index (κ2) is 9.08. The molecule has 0 radical (unpaired) electrons. The predicted molar refractivity (Wildman–Crippen MR) is 111 cm³/mol. The highest BCUT2D eigenvalue weighted by Crippen LogP contribution is 2.40. The first-order valence-corrected chi connectivity index (χ1v) is 10.2. The number of aliphatic hydroxyl groups excluding tert-OH is 3. The molecule has 1 aliphatic carbocycles. The third kappa shape index (κ3) is 4.57. The molecular formula is C24H32O4. The molecule has 1 fully saturated rings. The van der Waals surface area contributed by atoms with Crippen molar-refractivity contribution >= 4 is 0 Å². The summed E-state index contributed by atoms with van der Waals surface area (Å²) in [4.78, 5) is 0. The number of hydrogen-bond acceptors (Lipinski definition) is 4. The molecule has 152 valence electrons. The number of rotatable bonds is 6. The van der Waals surface area contributed by atoms with Gasteiger partial charge in [-0.1, -0.05) is 50.2 Å². The van der Waals surface area contributed by atoms with Gasteiger partial charge in [0.1, 0.15) is 5.75 Å². The Bertz CT molecular complexity index is 769. The molecule has 28 heavy (non-hydrogen) atoms. The van der Waals surface area contributed by atoms with Crippen LogP contribution in [0.5, 0.6) is 5.75 Å². The van der Waals surface area contributed by atoms with Crippen LogP contribution in [0.3, 0.4) is 0 Å². The van der Waals surface area contributed by atoms with Gasteiger partial charge < -0.3 is 20.1 Å². The Labute approximate surface area is 167 Å². The zero-order chi connectivity index (χ0) is 20.3. The fourth-order valence-electron chi connectivity index (χ4n) is 4.25. The SMILES string of the molecule is COc1ccc(Cc2ccc(C(C)C)cc2)cc1[C@@H]1C[C@H](CO)[C@@H](O)[C@H](O)C1. The lowest BCUT2D eigenvalue weighted by Gasteiger charge is -2.36. The van der Waals surface area contributed by atoms with Gasteiger partial charge in [-0.3, -0.25) is 0 Å². The first kappa shape index (κ1) is 20.8. The van der Waals surface area contributed by atoms with Gasteiger partial charge in [-0.15, -0.1) is 0 Å². The first-order valence-electron chi connectivity index (χ1n) is 10.2. The van der Waals surface area contributed by atoms with Gasteiger partial charge in [0.2, 0.25) is 0 Å². The monoisotopic (exact) mass is 384 g/mol. The Kier molecular flexibility index (Phi) is 6.76. The minimum absolute atomic E-state index is 0.0498. The molecule has 3 rings (SSSR count). The summed E-state index contributed by atoms with van der Waals surface area (Å²) in [5.74, 6) is 1.05. The molecule has 4 heteroatoms. The van der Waals surface area contributed by atoms with E-state index in [0.29, 0.717) is 18.8 Å². The van der Waals surface area contributed by atoms with Crippen LogP contribution in [0.25, 0.3) is 0 Å². The fraction of sp³-hybridized carbons (Fsp3) is 0.500. The average molecular weight is 385 g/mol. The van der Waals surface area contributed by atoms with Crippen molar-refractivity contribution in [2.45, 2.75) is 57.2 Å². The molecule has 2 aromatic carbocycles. The summed E-state index contributed by atoms with van der Waals surface area (Å²) in [6.07, 6.45) is 0.247. The summed E-state index contributed by atoms with van der Waals surface area (Å²) in [5, 5.41) is 29.9. The molecule has 0 heterocycles. The Hall–Kier alpha value is -1.88. The van der Waals surface area contributed by atoms with E-state index in [-0.39, 0.29) is 18.4 Å². The molecule has 4 atom stereocenters. The van der Waals surface area contributed by atoms with Gasteiger partial charge >= 0.3 is 0 Å². The molecule has 0 aromatic heterocycles. The highest BCUT2D eigenvalue weighted by Gasteiger charge is 2.37. The highest BCUT2D eigenvalue weighted by molar-refractivity contribution is 5.42. The van der Waals surface area contributed by atoms with Crippen molar-refractivity contribution in [2.75, 3.05) is 13.7 Å². The van der Waals surface area contributed by atoms with Crippen molar-refractivity contribution in [3.05, 3.63) is 64.7 Å². The van der Waals surface area contributed by atoms with Crippen LogP contribution >= 0.6 is 0 Å². The maximum Gasteiger partial charge on any atom is 0.122 e. The summed E-state index contributed by atoms with van der Waals surface area (Å²) in [6.45, 7) is 4.26. The molecule has 0 bridgehead atoms. The summed E-state index contributed by atoms with van der Waals surface area (Å²) in [7, 11) is 1.65. The lowest BCUT2D eigenvalue weighted by Crippen LogP contribution is -2.41. The lowest BCUT2D eigenvalue weighted by molar-refractivity contribution is -0.0649. The van der Waals surface area contributed by atoms with Gasteiger partial charge in [0.05, 0.1) is 19.3 Å². The number of aliphatic hydroxyl groups is 3. The predicted octanol–water partition coefficient (Wildman–Crippen LogP) is 3.62. The van der Waals surface area contributed by atoms with E-state index in [9.17, 15) is 15.3 Å². The number of benzene rings is 2. The Morgan fingerprint density at radius 2 is 1.68 bits per heavy atom. The summed E-state index contributed by atoms with van der Waals surface area (Å²) in [5.41, 5.74) is 4.83. The van der Waals surface area contributed by atoms with Crippen LogP contribution in [0.4, 0.5) is 0 Å².